The Kier molecular flexibility index (Phi) is 3.96. The quantitative estimate of drug-likeness (QED) is 0.522. The second kappa shape index (κ2) is 3.34. The van der Waals surface area contributed by atoms with Crippen LogP contribution in [0.4, 0.5) is 0 Å². The second-order valence-corrected chi connectivity index (χ2v) is 7.16. The molecule has 0 saturated heterocycles. The average Bonchev–Trinajstić information content (AvgIpc) is 1.30. The second-order valence-electron chi connectivity index (χ2n) is 0.983. The monoisotopic (exact) mass is 224 g/mol. The summed E-state index contributed by atoms with van der Waals surface area (Å²) in [4.78, 5) is 0. The highest BCUT2D eigenvalue weighted by Gasteiger charge is 2.10. The standard InChI is InChI=1S/C2H4BrCl2OP/c3-1-2-7(4,5)6/h1-2H2. The summed E-state index contributed by atoms with van der Waals surface area (Å²) in [5.41, 5.74) is 0. The molecule has 0 aliphatic heterocycles. The van der Waals surface area contributed by atoms with Gasteiger partial charge in [0.05, 0.1) is 0 Å². The third-order valence-electron chi connectivity index (χ3n) is 0.345. The highest BCUT2D eigenvalue weighted by atomic mass is 79.9. The van der Waals surface area contributed by atoms with Crippen molar-refractivity contribution in [2.45, 2.75) is 0 Å². The number of halogens is 3. The summed E-state index contributed by atoms with van der Waals surface area (Å²) in [5.74, 6) is -2.77. The fraction of sp³-hybridized carbons (Fsp3) is 1.00. The van der Waals surface area contributed by atoms with Gasteiger partial charge >= 0.3 is 0 Å². The predicted octanol–water partition coefficient (Wildman–Crippen LogP) is 3.05. The lowest BCUT2D eigenvalue weighted by atomic mass is 11.0. The van der Waals surface area contributed by atoms with Gasteiger partial charge in [0, 0.05) is 11.5 Å². The van der Waals surface area contributed by atoms with Crippen LogP contribution in [-0.2, 0) is 4.57 Å². The van der Waals surface area contributed by atoms with Crippen molar-refractivity contribution in [2.75, 3.05) is 11.5 Å². The molecule has 0 bridgehead atoms. The third-order valence-corrected chi connectivity index (χ3v) is 3.11. The summed E-state index contributed by atoms with van der Waals surface area (Å²) < 4.78 is 10.3. The van der Waals surface area contributed by atoms with E-state index in [1.54, 1.807) is 0 Å². The van der Waals surface area contributed by atoms with Crippen LogP contribution in [0.3, 0.4) is 0 Å². The molecule has 1 nitrogen and oxygen atoms in total. The van der Waals surface area contributed by atoms with E-state index < -0.39 is 5.85 Å². The van der Waals surface area contributed by atoms with Crippen LogP contribution >= 0.6 is 44.3 Å². The molecule has 0 heterocycles. The maximum absolute atomic E-state index is 10.3. The Labute approximate surface area is 60.5 Å². The van der Waals surface area contributed by atoms with E-state index in [0.717, 1.165) is 0 Å². The van der Waals surface area contributed by atoms with E-state index in [2.05, 4.69) is 15.9 Å². The van der Waals surface area contributed by atoms with E-state index in [1.165, 1.54) is 0 Å². The Bertz CT molecular complexity index is 89.7. The zero-order chi connectivity index (χ0) is 5.91. The largest absolute Gasteiger partial charge is 0.289 e. The molecule has 0 aliphatic rings. The van der Waals surface area contributed by atoms with Crippen LogP contribution in [0.2, 0.25) is 0 Å². The van der Waals surface area contributed by atoms with Gasteiger partial charge in [-0.05, 0) is 22.5 Å². The van der Waals surface area contributed by atoms with Crippen molar-refractivity contribution in [3.63, 3.8) is 0 Å². The Morgan fingerprint density at radius 3 is 2.00 bits per heavy atom. The van der Waals surface area contributed by atoms with Gasteiger partial charge in [0.1, 0.15) is 0 Å². The maximum atomic E-state index is 10.3. The minimum Gasteiger partial charge on any atom is -0.289 e. The van der Waals surface area contributed by atoms with Gasteiger partial charge < -0.3 is 0 Å². The molecule has 0 atom stereocenters. The van der Waals surface area contributed by atoms with Gasteiger partial charge in [-0.25, -0.2) is 0 Å². The average molecular weight is 226 g/mol. The van der Waals surface area contributed by atoms with Crippen molar-refractivity contribution in [3.8, 4) is 0 Å². The molecule has 44 valence electrons. The van der Waals surface area contributed by atoms with Crippen LogP contribution in [0, 0.1) is 0 Å². The van der Waals surface area contributed by atoms with Crippen molar-refractivity contribution in [1.29, 1.82) is 0 Å². The van der Waals surface area contributed by atoms with E-state index in [1.807, 2.05) is 0 Å². The summed E-state index contributed by atoms with van der Waals surface area (Å²) in [6.45, 7) is 0. The molecule has 0 aromatic heterocycles. The molecule has 5 heteroatoms. The number of hydrogen-bond donors (Lipinski definition) is 0. The Morgan fingerprint density at radius 1 is 1.57 bits per heavy atom. The number of hydrogen-bond acceptors (Lipinski definition) is 1. The predicted molar refractivity (Wildman–Crippen MR) is 38.0 cm³/mol. The minimum atomic E-state index is -2.77. The van der Waals surface area contributed by atoms with Gasteiger partial charge in [0.2, 0.25) is 0 Å². The minimum absolute atomic E-state index is 0.343. The van der Waals surface area contributed by atoms with Crippen LogP contribution in [0.25, 0.3) is 0 Å². The highest BCUT2D eigenvalue weighted by Crippen LogP contribution is 2.56. The molecule has 0 amide bonds. The Hall–Kier alpha value is 1.29. The lowest BCUT2D eigenvalue weighted by molar-refractivity contribution is 0.593. The molecule has 0 aromatic carbocycles. The van der Waals surface area contributed by atoms with E-state index in [4.69, 9.17) is 22.5 Å². The smallest absolute Gasteiger partial charge is 0.253 e. The highest BCUT2D eigenvalue weighted by molar-refractivity contribution is 9.09. The molecular weight excluding hydrogens is 222 g/mol. The van der Waals surface area contributed by atoms with Crippen molar-refractivity contribution >= 4 is 44.3 Å². The van der Waals surface area contributed by atoms with Crippen LogP contribution in [0.5, 0.6) is 0 Å². The Balaban J connectivity index is 3.36. The molecule has 0 N–H and O–H groups in total. The molecule has 0 aliphatic carbocycles. The fourth-order valence-electron chi connectivity index (χ4n) is 0.0984. The zero-order valence-corrected chi connectivity index (χ0v) is 7.40. The molecule has 0 unspecified atom stereocenters. The third kappa shape index (κ3) is 7.29. The van der Waals surface area contributed by atoms with E-state index in [9.17, 15) is 4.57 Å². The SMILES string of the molecule is O=P(Cl)(Cl)CCBr. The van der Waals surface area contributed by atoms with Crippen molar-refractivity contribution in [3.05, 3.63) is 0 Å². The maximum Gasteiger partial charge on any atom is 0.253 e. The van der Waals surface area contributed by atoms with Gasteiger partial charge in [-0.3, -0.25) is 4.57 Å². The van der Waals surface area contributed by atoms with Gasteiger partial charge in [0.15, 0.2) is 0 Å². The van der Waals surface area contributed by atoms with Gasteiger partial charge in [-0.1, -0.05) is 15.9 Å². The lowest BCUT2D eigenvalue weighted by Crippen LogP contribution is -1.74. The topological polar surface area (TPSA) is 17.1 Å². The molecule has 0 saturated carbocycles. The van der Waals surface area contributed by atoms with Crippen molar-refractivity contribution < 1.29 is 4.57 Å². The number of rotatable bonds is 2. The molecule has 0 aromatic rings. The van der Waals surface area contributed by atoms with E-state index in [0.29, 0.717) is 11.5 Å². The Morgan fingerprint density at radius 2 is 2.00 bits per heavy atom. The molecule has 7 heavy (non-hydrogen) atoms. The summed E-state index contributed by atoms with van der Waals surface area (Å²) in [6.07, 6.45) is 0.343. The van der Waals surface area contributed by atoms with Gasteiger partial charge in [0.25, 0.3) is 5.85 Å². The summed E-state index contributed by atoms with van der Waals surface area (Å²) in [6, 6.07) is 0. The van der Waals surface area contributed by atoms with Crippen molar-refractivity contribution in [1.82, 2.24) is 0 Å². The molecule has 0 radical (unpaired) electrons. The van der Waals surface area contributed by atoms with Gasteiger partial charge in [-0.15, -0.1) is 0 Å². The molecule has 0 spiro atoms. The first-order valence-electron chi connectivity index (χ1n) is 1.60. The van der Waals surface area contributed by atoms with E-state index >= 15 is 0 Å². The van der Waals surface area contributed by atoms with Crippen molar-refractivity contribution in [2.24, 2.45) is 0 Å². The van der Waals surface area contributed by atoms with Gasteiger partial charge in [-0.2, -0.15) is 0 Å². The lowest BCUT2D eigenvalue weighted by Gasteiger charge is -1.92. The summed E-state index contributed by atoms with van der Waals surface area (Å²) in [5, 5.41) is 0.595. The molecular formula is C2H4BrCl2OP. The summed E-state index contributed by atoms with van der Waals surface area (Å²) >= 11 is 13.3. The van der Waals surface area contributed by atoms with E-state index in [-0.39, 0.29) is 0 Å². The first-order valence-corrected chi connectivity index (χ1v) is 6.43. The number of alkyl halides is 1. The summed E-state index contributed by atoms with van der Waals surface area (Å²) in [7, 11) is 0. The van der Waals surface area contributed by atoms with Crippen LogP contribution in [0.1, 0.15) is 0 Å². The van der Waals surface area contributed by atoms with Crippen LogP contribution in [-0.4, -0.2) is 11.5 Å². The zero-order valence-electron chi connectivity index (χ0n) is 3.40. The first kappa shape index (κ1) is 8.29. The normalized spacial score (nSPS) is 11.9. The molecule has 0 rings (SSSR count). The van der Waals surface area contributed by atoms with Crippen LogP contribution in [0.15, 0.2) is 0 Å². The van der Waals surface area contributed by atoms with Crippen LogP contribution < -0.4 is 0 Å². The fourth-order valence-corrected chi connectivity index (χ4v) is 3.53. The first-order chi connectivity index (χ1) is 3.06. The molecule has 0 fully saturated rings.